The van der Waals surface area contributed by atoms with Gasteiger partial charge in [0.05, 0.1) is 0 Å². The summed E-state index contributed by atoms with van der Waals surface area (Å²) < 4.78 is 6.02. The lowest BCUT2D eigenvalue weighted by Crippen LogP contribution is -2.56. The normalized spacial score (nSPS) is 44.2. The number of rotatable bonds is 3. The van der Waals surface area contributed by atoms with Crippen LogP contribution in [-0.4, -0.2) is 17.9 Å². The Balaban J connectivity index is 1.77. The van der Waals surface area contributed by atoms with Crippen molar-refractivity contribution in [3.8, 4) is 0 Å². The Bertz CT molecular complexity index is 775. The first kappa shape index (κ1) is 19.7. The molecule has 28 heavy (non-hydrogen) atoms. The van der Waals surface area contributed by atoms with Crippen molar-refractivity contribution in [2.75, 3.05) is 0 Å². The predicted octanol–water partition coefficient (Wildman–Crippen LogP) is 5.42. The monoisotopic (exact) mass is 382 g/mol. The summed E-state index contributed by atoms with van der Waals surface area (Å²) >= 11 is 0. The molecule has 3 nitrogen and oxygen atoms in total. The number of hydrogen-bond acceptors (Lipinski definition) is 3. The predicted molar refractivity (Wildman–Crippen MR) is 110 cm³/mol. The second kappa shape index (κ2) is 6.71. The smallest absolute Gasteiger partial charge is 0.302 e. The van der Waals surface area contributed by atoms with Crippen LogP contribution in [-0.2, 0) is 14.3 Å². The first-order valence-corrected chi connectivity index (χ1v) is 11.0. The molecular formula is C25H34O3. The third-order valence-corrected chi connectivity index (χ3v) is 8.74. The van der Waals surface area contributed by atoms with Crippen LogP contribution < -0.4 is 0 Å². The third-order valence-electron chi connectivity index (χ3n) is 8.74. The van der Waals surface area contributed by atoms with E-state index >= 15 is 0 Å². The van der Waals surface area contributed by atoms with E-state index in [-0.39, 0.29) is 34.6 Å². The van der Waals surface area contributed by atoms with Crippen molar-refractivity contribution >= 4 is 11.8 Å². The van der Waals surface area contributed by atoms with Crippen LogP contribution in [0.25, 0.3) is 0 Å². The maximum Gasteiger partial charge on any atom is 0.302 e. The topological polar surface area (TPSA) is 43.4 Å². The highest BCUT2D eigenvalue weighted by Gasteiger charge is 2.62. The van der Waals surface area contributed by atoms with Crippen molar-refractivity contribution < 1.29 is 14.3 Å². The van der Waals surface area contributed by atoms with Crippen LogP contribution in [0.1, 0.15) is 66.2 Å². The fraction of sp³-hybridized carbons (Fsp3) is 0.680. The Kier molecular flexibility index (Phi) is 4.71. The van der Waals surface area contributed by atoms with Crippen LogP contribution in [0.15, 0.2) is 36.0 Å². The van der Waals surface area contributed by atoms with Gasteiger partial charge in [0.1, 0.15) is 6.10 Å². The van der Waals surface area contributed by atoms with Crippen molar-refractivity contribution in [1.29, 1.82) is 0 Å². The molecule has 0 aliphatic heterocycles. The average Bonchev–Trinajstić information content (AvgIpc) is 2.97. The largest absolute Gasteiger partial charge is 0.462 e. The molecule has 6 unspecified atom stereocenters. The lowest BCUT2D eigenvalue weighted by Gasteiger charge is -2.59. The number of fused-ring (bicyclic) bond motifs is 5. The van der Waals surface area contributed by atoms with Crippen LogP contribution >= 0.6 is 0 Å². The molecule has 0 heterocycles. The summed E-state index contributed by atoms with van der Waals surface area (Å²) in [5.41, 5.74) is 2.56. The van der Waals surface area contributed by atoms with Gasteiger partial charge in [-0.05, 0) is 73.8 Å². The molecule has 152 valence electrons. The van der Waals surface area contributed by atoms with Gasteiger partial charge in [-0.1, -0.05) is 44.6 Å². The van der Waals surface area contributed by atoms with Gasteiger partial charge in [0, 0.05) is 18.3 Å². The van der Waals surface area contributed by atoms with Gasteiger partial charge in [-0.3, -0.25) is 9.59 Å². The molecule has 0 amide bonds. The second-order valence-corrected chi connectivity index (χ2v) is 10.0. The molecule has 0 aromatic carbocycles. The van der Waals surface area contributed by atoms with Crippen molar-refractivity contribution in [2.24, 2.45) is 34.5 Å². The van der Waals surface area contributed by atoms with Gasteiger partial charge < -0.3 is 4.74 Å². The van der Waals surface area contributed by atoms with E-state index < -0.39 is 0 Å². The molecule has 4 rings (SSSR count). The van der Waals surface area contributed by atoms with Crippen LogP contribution in [0.2, 0.25) is 0 Å². The maximum atomic E-state index is 12.0. The third kappa shape index (κ3) is 2.76. The summed E-state index contributed by atoms with van der Waals surface area (Å²) in [6, 6.07) is 0. The highest BCUT2D eigenvalue weighted by atomic mass is 16.5. The quantitative estimate of drug-likeness (QED) is 0.484. The van der Waals surface area contributed by atoms with Gasteiger partial charge >= 0.3 is 5.97 Å². The van der Waals surface area contributed by atoms with Crippen molar-refractivity contribution in [3.63, 3.8) is 0 Å². The lowest BCUT2D eigenvalue weighted by molar-refractivity contribution is -0.170. The SMILES string of the molecule is C=C(CC)[C@H]1CCC2C3CCC4=CC(=O)C=CC4(C)C3C(OC(C)=O)CC21C. The van der Waals surface area contributed by atoms with Crippen LogP contribution in [0, 0.1) is 34.5 Å². The van der Waals surface area contributed by atoms with E-state index in [0.29, 0.717) is 17.8 Å². The van der Waals surface area contributed by atoms with E-state index in [1.807, 2.05) is 6.08 Å². The summed E-state index contributed by atoms with van der Waals surface area (Å²) in [5, 5.41) is 0. The molecule has 7 atom stereocenters. The fourth-order valence-electron chi connectivity index (χ4n) is 7.53. The number of ether oxygens (including phenoxy) is 1. The summed E-state index contributed by atoms with van der Waals surface area (Å²) in [5.74, 6) is 1.85. The highest BCUT2D eigenvalue weighted by Crippen LogP contribution is 2.67. The minimum Gasteiger partial charge on any atom is -0.462 e. The Labute approximate surface area is 169 Å². The molecule has 0 spiro atoms. The molecule has 0 aromatic rings. The number of carbonyl (C=O) groups is 2. The van der Waals surface area contributed by atoms with E-state index in [1.165, 1.54) is 30.9 Å². The molecular weight excluding hydrogens is 348 g/mol. The highest BCUT2D eigenvalue weighted by molar-refractivity contribution is 6.01. The molecule has 4 aliphatic rings. The number of allylic oxidation sites excluding steroid dienone is 5. The van der Waals surface area contributed by atoms with E-state index in [9.17, 15) is 9.59 Å². The van der Waals surface area contributed by atoms with Gasteiger partial charge in [0.15, 0.2) is 5.78 Å². The van der Waals surface area contributed by atoms with Crippen molar-refractivity contribution in [3.05, 3.63) is 36.0 Å². The van der Waals surface area contributed by atoms with Crippen molar-refractivity contribution in [2.45, 2.75) is 72.3 Å². The Hall–Kier alpha value is -1.64. The van der Waals surface area contributed by atoms with E-state index in [0.717, 1.165) is 25.7 Å². The molecule has 0 aromatic heterocycles. The number of carbonyl (C=O) groups excluding carboxylic acids is 2. The van der Waals surface area contributed by atoms with Crippen LogP contribution in [0.5, 0.6) is 0 Å². The van der Waals surface area contributed by atoms with Gasteiger partial charge in [-0.25, -0.2) is 0 Å². The number of esters is 1. The first-order valence-electron chi connectivity index (χ1n) is 11.0. The Morgan fingerprint density at radius 3 is 2.71 bits per heavy atom. The number of ketones is 1. The molecule has 3 saturated carbocycles. The van der Waals surface area contributed by atoms with Gasteiger partial charge in [0.2, 0.25) is 0 Å². The Morgan fingerprint density at radius 1 is 1.29 bits per heavy atom. The van der Waals surface area contributed by atoms with Gasteiger partial charge in [0.25, 0.3) is 0 Å². The Morgan fingerprint density at radius 2 is 2.04 bits per heavy atom. The fourth-order valence-corrected chi connectivity index (χ4v) is 7.53. The van der Waals surface area contributed by atoms with Crippen molar-refractivity contribution in [1.82, 2.24) is 0 Å². The van der Waals surface area contributed by atoms with Crippen LogP contribution in [0.3, 0.4) is 0 Å². The van der Waals surface area contributed by atoms with E-state index in [2.05, 4.69) is 33.4 Å². The molecule has 0 N–H and O–H groups in total. The van der Waals surface area contributed by atoms with E-state index in [4.69, 9.17) is 4.74 Å². The zero-order valence-corrected chi connectivity index (χ0v) is 17.8. The van der Waals surface area contributed by atoms with Crippen LogP contribution in [0.4, 0.5) is 0 Å². The second-order valence-electron chi connectivity index (χ2n) is 10.0. The lowest BCUT2D eigenvalue weighted by atomic mass is 9.46. The zero-order valence-electron chi connectivity index (χ0n) is 17.8. The summed E-state index contributed by atoms with van der Waals surface area (Å²) in [7, 11) is 0. The number of hydrogen-bond donors (Lipinski definition) is 0. The first-order chi connectivity index (χ1) is 13.2. The molecule has 3 fully saturated rings. The molecule has 4 aliphatic carbocycles. The minimum absolute atomic E-state index is 0.0933. The summed E-state index contributed by atoms with van der Waals surface area (Å²) in [6.45, 7) is 12.8. The van der Waals surface area contributed by atoms with E-state index in [1.54, 1.807) is 6.08 Å². The average molecular weight is 383 g/mol. The summed E-state index contributed by atoms with van der Waals surface area (Å²) in [4.78, 5) is 24.1. The minimum atomic E-state index is -0.190. The molecule has 0 bridgehead atoms. The van der Waals surface area contributed by atoms with Gasteiger partial charge in [-0.15, -0.1) is 0 Å². The standard InChI is InChI=1S/C25H34O3/c1-6-15(2)20-9-10-21-19-8-7-17-13-18(27)11-12-24(17,4)23(19)22(28-16(3)26)14-25(20,21)5/h11-13,19-23H,2,6-10,14H2,1,3-5H3/t19?,20-,21?,22?,23?,24?,25?/m1/s1. The zero-order chi connectivity index (χ0) is 20.3. The maximum absolute atomic E-state index is 12.0. The summed E-state index contributed by atoms with van der Waals surface area (Å²) in [6.07, 6.45) is 12.0. The molecule has 3 heteroatoms. The molecule has 0 radical (unpaired) electrons. The van der Waals surface area contributed by atoms with Gasteiger partial charge in [-0.2, -0.15) is 0 Å². The molecule has 0 saturated heterocycles.